The molecule has 0 radical (unpaired) electrons. The smallest absolute Gasteiger partial charge is 0.177 e. The molecule has 1 heterocycles. The Hall–Kier alpha value is -0.670. The summed E-state index contributed by atoms with van der Waals surface area (Å²) in [4.78, 5) is 14.6. The van der Waals surface area contributed by atoms with E-state index in [1.54, 1.807) is 0 Å². The molecule has 0 aromatic heterocycles. The average Bonchev–Trinajstić information content (AvgIpc) is 2.27. The van der Waals surface area contributed by atoms with Gasteiger partial charge in [-0.2, -0.15) is 0 Å². The number of piperidine rings is 1. The van der Waals surface area contributed by atoms with Gasteiger partial charge in [0.2, 0.25) is 0 Å². The van der Waals surface area contributed by atoms with Crippen molar-refractivity contribution in [3.63, 3.8) is 0 Å². The van der Waals surface area contributed by atoms with E-state index in [1.165, 1.54) is 6.42 Å². The van der Waals surface area contributed by atoms with Gasteiger partial charge in [0.1, 0.15) is 0 Å². The second-order valence-corrected chi connectivity index (χ2v) is 6.40. The summed E-state index contributed by atoms with van der Waals surface area (Å²) in [5, 5.41) is 0. The van der Waals surface area contributed by atoms with E-state index in [0.717, 1.165) is 23.1 Å². The minimum Gasteiger partial charge on any atom is -0.295 e. The highest BCUT2D eigenvalue weighted by atomic mass is 79.9. The molecular formula is C15H20BrNO. The summed E-state index contributed by atoms with van der Waals surface area (Å²) in [5.41, 5.74) is 0.795. The van der Waals surface area contributed by atoms with Crippen molar-refractivity contribution in [3.05, 3.63) is 34.3 Å². The average molecular weight is 310 g/mol. The molecule has 1 fully saturated rings. The van der Waals surface area contributed by atoms with Crippen LogP contribution >= 0.6 is 15.9 Å². The zero-order chi connectivity index (χ0) is 13.1. The molecule has 0 unspecified atom stereocenters. The van der Waals surface area contributed by atoms with Crippen LogP contribution in [0.1, 0.15) is 30.6 Å². The summed E-state index contributed by atoms with van der Waals surface area (Å²) >= 11 is 3.45. The van der Waals surface area contributed by atoms with Gasteiger partial charge in [-0.1, -0.05) is 48.0 Å². The largest absolute Gasteiger partial charge is 0.295 e. The third-order valence-corrected chi connectivity index (χ3v) is 4.18. The van der Waals surface area contributed by atoms with Crippen molar-refractivity contribution in [3.8, 4) is 0 Å². The highest BCUT2D eigenvalue weighted by Gasteiger charge is 2.24. The van der Waals surface area contributed by atoms with Gasteiger partial charge < -0.3 is 0 Å². The van der Waals surface area contributed by atoms with Crippen molar-refractivity contribution < 1.29 is 4.79 Å². The number of likely N-dealkylation sites (tertiary alicyclic amines) is 1. The lowest BCUT2D eigenvalue weighted by Gasteiger charge is -2.34. The first-order chi connectivity index (χ1) is 8.56. The van der Waals surface area contributed by atoms with Crippen molar-refractivity contribution in [2.45, 2.75) is 20.3 Å². The van der Waals surface area contributed by atoms with Gasteiger partial charge in [-0.25, -0.2) is 0 Å². The van der Waals surface area contributed by atoms with Crippen LogP contribution < -0.4 is 0 Å². The summed E-state index contributed by atoms with van der Waals surface area (Å²) in [6, 6.07) is 7.67. The molecular weight excluding hydrogens is 290 g/mol. The van der Waals surface area contributed by atoms with Gasteiger partial charge in [-0.3, -0.25) is 9.69 Å². The third-order valence-electron chi connectivity index (χ3n) is 3.49. The van der Waals surface area contributed by atoms with Crippen LogP contribution in [-0.2, 0) is 0 Å². The lowest BCUT2D eigenvalue weighted by atomic mass is 9.91. The van der Waals surface area contributed by atoms with Gasteiger partial charge in [-0.15, -0.1) is 0 Å². The van der Waals surface area contributed by atoms with Gasteiger partial charge in [0.05, 0.1) is 6.54 Å². The Morgan fingerprint density at radius 2 is 1.89 bits per heavy atom. The molecule has 2 rings (SSSR count). The zero-order valence-electron chi connectivity index (χ0n) is 11.0. The first kappa shape index (κ1) is 13.8. The summed E-state index contributed by atoms with van der Waals surface area (Å²) in [5.74, 6) is 1.60. The molecule has 1 aromatic rings. The minimum atomic E-state index is 0.212. The van der Waals surface area contributed by atoms with Crippen molar-refractivity contribution in [2.75, 3.05) is 19.6 Å². The van der Waals surface area contributed by atoms with Crippen molar-refractivity contribution in [1.29, 1.82) is 0 Å². The summed E-state index contributed by atoms with van der Waals surface area (Å²) in [6.07, 6.45) is 1.28. The Labute approximate surface area is 117 Å². The van der Waals surface area contributed by atoms with Gasteiger partial charge in [0.25, 0.3) is 0 Å². The molecule has 1 aliphatic rings. The molecule has 2 atom stereocenters. The van der Waals surface area contributed by atoms with Crippen LogP contribution in [0.5, 0.6) is 0 Å². The number of benzene rings is 1. The number of hydrogen-bond acceptors (Lipinski definition) is 2. The maximum Gasteiger partial charge on any atom is 0.177 e. The zero-order valence-corrected chi connectivity index (χ0v) is 12.6. The monoisotopic (exact) mass is 309 g/mol. The van der Waals surface area contributed by atoms with Crippen LogP contribution in [0.25, 0.3) is 0 Å². The predicted molar refractivity (Wildman–Crippen MR) is 77.9 cm³/mol. The van der Waals surface area contributed by atoms with Crippen molar-refractivity contribution in [1.82, 2.24) is 4.90 Å². The molecule has 1 saturated heterocycles. The van der Waals surface area contributed by atoms with Crippen LogP contribution in [0.3, 0.4) is 0 Å². The topological polar surface area (TPSA) is 20.3 Å². The van der Waals surface area contributed by atoms with E-state index in [4.69, 9.17) is 0 Å². The number of ketones is 1. The minimum absolute atomic E-state index is 0.212. The van der Waals surface area contributed by atoms with Gasteiger partial charge in [0, 0.05) is 23.1 Å². The Balaban J connectivity index is 2.01. The first-order valence-electron chi connectivity index (χ1n) is 6.56. The van der Waals surface area contributed by atoms with Crippen LogP contribution in [-0.4, -0.2) is 30.3 Å². The van der Waals surface area contributed by atoms with E-state index in [9.17, 15) is 4.79 Å². The Morgan fingerprint density at radius 1 is 1.28 bits per heavy atom. The Kier molecular flexibility index (Phi) is 4.57. The maximum absolute atomic E-state index is 12.3. The molecule has 1 aromatic carbocycles. The number of nitrogens with zero attached hydrogens (tertiary/aromatic N) is 1. The Bertz CT molecular complexity index is 422. The summed E-state index contributed by atoms with van der Waals surface area (Å²) < 4.78 is 0.896. The molecule has 0 amide bonds. The molecule has 3 heteroatoms. The fourth-order valence-electron chi connectivity index (χ4n) is 2.90. The predicted octanol–water partition coefficient (Wildman–Crippen LogP) is 3.61. The highest BCUT2D eigenvalue weighted by molar-refractivity contribution is 9.10. The summed E-state index contributed by atoms with van der Waals surface area (Å²) in [6.45, 7) is 7.16. The van der Waals surface area contributed by atoms with Gasteiger partial charge in [0.15, 0.2) is 5.78 Å². The van der Waals surface area contributed by atoms with Crippen LogP contribution in [0, 0.1) is 11.8 Å². The lowest BCUT2D eigenvalue weighted by Crippen LogP contribution is -2.41. The molecule has 18 heavy (non-hydrogen) atoms. The van der Waals surface area contributed by atoms with Crippen molar-refractivity contribution >= 4 is 21.7 Å². The first-order valence-corrected chi connectivity index (χ1v) is 7.35. The molecule has 2 nitrogen and oxygen atoms in total. The van der Waals surface area contributed by atoms with Crippen molar-refractivity contribution in [2.24, 2.45) is 11.8 Å². The highest BCUT2D eigenvalue weighted by Crippen LogP contribution is 2.22. The lowest BCUT2D eigenvalue weighted by molar-refractivity contribution is 0.0849. The number of halogens is 1. The number of carbonyl (C=O) groups excluding carboxylic acids is 1. The SMILES string of the molecule is C[C@@H]1C[C@@H](C)CN(CC(=O)c2ccccc2Br)C1. The summed E-state index contributed by atoms with van der Waals surface area (Å²) in [7, 11) is 0. The van der Waals surface area contributed by atoms with Gasteiger partial charge >= 0.3 is 0 Å². The molecule has 0 saturated carbocycles. The van der Waals surface area contributed by atoms with Crippen LogP contribution in [0.2, 0.25) is 0 Å². The van der Waals surface area contributed by atoms with E-state index >= 15 is 0 Å². The van der Waals surface area contributed by atoms with E-state index in [0.29, 0.717) is 18.4 Å². The van der Waals surface area contributed by atoms with Crippen LogP contribution in [0.4, 0.5) is 0 Å². The number of Topliss-reactive ketones (excluding diaryl/α,β-unsaturated/α-hetero) is 1. The fraction of sp³-hybridized carbons (Fsp3) is 0.533. The maximum atomic E-state index is 12.3. The normalized spacial score (nSPS) is 25.1. The molecule has 0 N–H and O–H groups in total. The second kappa shape index (κ2) is 5.98. The van der Waals surface area contributed by atoms with Gasteiger partial charge in [-0.05, 0) is 24.3 Å². The fourth-order valence-corrected chi connectivity index (χ4v) is 3.40. The number of carbonyl (C=O) groups is 1. The second-order valence-electron chi connectivity index (χ2n) is 5.54. The molecule has 1 aliphatic heterocycles. The third kappa shape index (κ3) is 3.42. The standard InChI is InChI=1S/C15H20BrNO/c1-11-7-12(2)9-17(8-11)10-15(18)13-5-3-4-6-14(13)16/h3-6,11-12H,7-10H2,1-2H3/t11-,12-/m1/s1. The quantitative estimate of drug-likeness (QED) is 0.795. The van der Waals surface area contributed by atoms with E-state index in [-0.39, 0.29) is 5.78 Å². The van der Waals surface area contributed by atoms with Crippen LogP contribution in [0.15, 0.2) is 28.7 Å². The molecule has 0 bridgehead atoms. The molecule has 0 aliphatic carbocycles. The number of hydrogen-bond donors (Lipinski definition) is 0. The number of rotatable bonds is 3. The van der Waals surface area contributed by atoms with E-state index in [1.807, 2.05) is 24.3 Å². The van der Waals surface area contributed by atoms with E-state index in [2.05, 4.69) is 34.7 Å². The molecule has 98 valence electrons. The molecule has 0 spiro atoms. The Morgan fingerprint density at radius 3 is 2.50 bits per heavy atom. The van der Waals surface area contributed by atoms with E-state index < -0.39 is 0 Å².